The van der Waals surface area contributed by atoms with Gasteiger partial charge in [0.05, 0.1) is 13.0 Å². The van der Waals surface area contributed by atoms with E-state index >= 15 is 0 Å². The third kappa shape index (κ3) is 2.35. The molecule has 0 aromatic heterocycles. The van der Waals surface area contributed by atoms with Crippen LogP contribution in [0.25, 0.3) is 0 Å². The summed E-state index contributed by atoms with van der Waals surface area (Å²) < 4.78 is 18.9. The molecule has 0 spiro atoms. The molecule has 114 valence electrons. The van der Waals surface area contributed by atoms with Crippen LogP contribution in [0.2, 0.25) is 0 Å². The number of carbonyl (C=O) groups is 1. The molecule has 3 rings (SSSR count). The predicted molar refractivity (Wildman–Crippen MR) is 78.6 cm³/mol. The van der Waals surface area contributed by atoms with Gasteiger partial charge in [-0.3, -0.25) is 9.69 Å². The van der Waals surface area contributed by atoms with Gasteiger partial charge in [-0.15, -0.1) is 0 Å². The molecule has 4 atom stereocenters. The number of hydrogen-bond acceptors (Lipinski definition) is 3. The van der Waals surface area contributed by atoms with Crippen LogP contribution in [0.1, 0.15) is 36.3 Å². The summed E-state index contributed by atoms with van der Waals surface area (Å²) in [6, 6.07) is 6.07. The fourth-order valence-corrected chi connectivity index (χ4v) is 4.11. The molecule has 3 nitrogen and oxygen atoms in total. The largest absolute Gasteiger partial charge is 0.469 e. The van der Waals surface area contributed by atoms with Gasteiger partial charge in [0.2, 0.25) is 0 Å². The van der Waals surface area contributed by atoms with Gasteiger partial charge in [0, 0.05) is 18.0 Å². The van der Waals surface area contributed by atoms with Crippen LogP contribution in [0, 0.1) is 18.7 Å². The van der Waals surface area contributed by atoms with Crippen molar-refractivity contribution in [2.24, 2.45) is 5.92 Å². The van der Waals surface area contributed by atoms with Crippen molar-refractivity contribution in [3.8, 4) is 0 Å². The monoisotopic (exact) mass is 291 g/mol. The minimum atomic E-state index is -0.194. The molecule has 1 aromatic rings. The Morgan fingerprint density at radius 3 is 2.81 bits per heavy atom. The van der Waals surface area contributed by atoms with E-state index in [4.69, 9.17) is 4.74 Å². The summed E-state index contributed by atoms with van der Waals surface area (Å²) >= 11 is 0. The maximum absolute atomic E-state index is 13.9. The fraction of sp³-hybridized carbons (Fsp3) is 0.588. The van der Waals surface area contributed by atoms with Crippen LogP contribution in [0.15, 0.2) is 18.2 Å². The van der Waals surface area contributed by atoms with Crippen molar-refractivity contribution in [1.29, 1.82) is 0 Å². The zero-order valence-electron chi connectivity index (χ0n) is 12.8. The van der Waals surface area contributed by atoms with Gasteiger partial charge in [0.1, 0.15) is 5.82 Å². The van der Waals surface area contributed by atoms with Crippen LogP contribution in [-0.4, -0.2) is 37.1 Å². The first-order chi connectivity index (χ1) is 10.0. The third-order valence-electron chi connectivity index (χ3n) is 5.37. The molecule has 2 bridgehead atoms. The Morgan fingerprint density at radius 2 is 2.14 bits per heavy atom. The van der Waals surface area contributed by atoms with Crippen molar-refractivity contribution in [2.75, 3.05) is 14.2 Å². The van der Waals surface area contributed by atoms with Crippen LogP contribution in [0.5, 0.6) is 0 Å². The van der Waals surface area contributed by atoms with Gasteiger partial charge < -0.3 is 4.74 Å². The van der Waals surface area contributed by atoms with Crippen molar-refractivity contribution in [3.05, 3.63) is 35.1 Å². The van der Waals surface area contributed by atoms with Crippen LogP contribution in [0.3, 0.4) is 0 Å². The quantitative estimate of drug-likeness (QED) is 0.785. The fourth-order valence-electron chi connectivity index (χ4n) is 4.11. The number of methoxy groups -OCH3 is 1. The smallest absolute Gasteiger partial charge is 0.310 e. The SMILES string of the molecule is COC(=O)[C@H]1[C@@H](c2ccc(C)c(F)c2)C[C@@H]2CC[C@H]1N2C. The summed E-state index contributed by atoms with van der Waals surface area (Å²) in [5.41, 5.74) is 1.57. The average Bonchev–Trinajstić information content (AvgIpc) is 2.72. The Labute approximate surface area is 125 Å². The molecule has 0 amide bonds. The van der Waals surface area contributed by atoms with Gasteiger partial charge in [-0.1, -0.05) is 12.1 Å². The van der Waals surface area contributed by atoms with Gasteiger partial charge in [-0.2, -0.15) is 0 Å². The number of nitrogens with zero attached hydrogens (tertiary/aromatic N) is 1. The molecule has 2 aliphatic heterocycles. The van der Waals surface area contributed by atoms with E-state index in [1.165, 1.54) is 7.11 Å². The van der Waals surface area contributed by atoms with E-state index in [0.717, 1.165) is 24.8 Å². The van der Waals surface area contributed by atoms with E-state index in [-0.39, 0.29) is 29.7 Å². The number of aryl methyl sites for hydroxylation is 1. The zero-order valence-corrected chi connectivity index (χ0v) is 12.8. The van der Waals surface area contributed by atoms with E-state index in [2.05, 4.69) is 11.9 Å². The second-order valence-electron chi connectivity index (χ2n) is 6.36. The Balaban J connectivity index is 1.98. The zero-order chi connectivity index (χ0) is 15.1. The minimum Gasteiger partial charge on any atom is -0.469 e. The number of rotatable bonds is 2. The highest BCUT2D eigenvalue weighted by molar-refractivity contribution is 5.75. The van der Waals surface area contributed by atoms with Gasteiger partial charge >= 0.3 is 5.97 Å². The molecule has 0 saturated carbocycles. The molecule has 4 heteroatoms. The topological polar surface area (TPSA) is 29.5 Å². The summed E-state index contributed by atoms with van der Waals surface area (Å²) in [6.07, 6.45) is 3.03. The Hall–Kier alpha value is -1.42. The van der Waals surface area contributed by atoms with Crippen molar-refractivity contribution in [2.45, 2.75) is 44.2 Å². The summed E-state index contributed by atoms with van der Waals surface area (Å²) in [5, 5.41) is 0. The number of ether oxygens (including phenoxy) is 1. The number of esters is 1. The Kier molecular flexibility index (Phi) is 3.74. The average molecular weight is 291 g/mol. The summed E-state index contributed by atoms with van der Waals surface area (Å²) in [6.45, 7) is 1.76. The highest BCUT2D eigenvalue weighted by Gasteiger charge is 2.49. The molecular weight excluding hydrogens is 269 g/mol. The molecule has 2 aliphatic rings. The number of hydrogen-bond donors (Lipinski definition) is 0. The van der Waals surface area contributed by atoms with Gasteiger partial charge in [0.25, 0.3) is 0 Å². The molecular formula is C17H22FNO2. The highest BCUT2D eigenvalue weighted by Crippen LogP contribution is 2.46. The Bertz CT molecular complexity index is 560. The number of benzene rings is 1. The molecule has 1 aromatic carbocycles. The van der Waals surface area contributed by atoms with Crippen LogP contribution >= 0.6 is 0 Å². The molecule has 0 aliphatic carbocycles. The van der Waals surface area contributed by atoms with Crippen LogP contribution in [0.4, 0.5) is 4.39 Å². The van der Waals surface area contributed by atoms with E-state index in [1.54, 1.807) is 19.1 Å². The minimum absolute atomic E-state index is 0.0567. The van der Waals surface area contributed by atoms with Crippen molar-refractivity contribution in [3.63, 3.8) is 0 Å². The van der Waals surface area contributed by atoms with E-state index in [9.17, 15) is 9.18 Å². The molecule has 2 heterocycles. The van der Waals surface area contributed by atoms with E-state index in [0.29, 0.717) is 11.6 Å². The lowest BCUT2D eigenvalue weighted by Crippen LogP contribution is -2.49. The lowest BCUT2D eigenvalue weighted by Gasteiger charge is -2.41. The summed E-state index contributed by atoms with van der Waals surface area (Å²) in [7, 11) is 3.53. The summed E-state index contributed by atoms with van der Waals surface area (Å²) in [4.78, 5) is 14.6. The number of piperidine rings is 1. The second-order valence-corrected chi connectivity index (χ2v) is 6.36. The van der Waals surface area contributed by atoms with Crippen molar-refractivity contribution < 1.29 is 13.9 Å². The van der Waals surface area contributed by atoms with Crippen LogP contribution in [-0.2, 0) is 9.53 Å². The standard InChI is InChI=1S/C17H22FNO2/c1-10-4-5-11(8-14(10)18)13-9-12-6-7-15(19(12)2)16(13)17(20)21-3/h4-5,8,12-13,15-16H,6-7,9H2,1-3H3/t12-,13+,15+,16-/m0/s1. The van der Waals surface area contributed by atoms with Gasteiger partial charge in [-0.05, 0) is 50.4 Å². The van der Waals surface area contributed by atoms with Crippen molar-refractivity contribution in [1.82, 2.24) is 4.90 Å². The number of halogens is 1. The molecule has 0 radical (unpaired) electrons. The van der Waals surface area contributed by atoms with Gasteiger partial charge in [-0.25, -0.2) is 4.39 Å². The maximum atomic E-state index is 13.9. The first kappa shape index (κ1) is 14.5. The highest BCUT2D eigenvalue weighted by atomic mass is 19.1. The van der Waals surface area contributed by atoms with E-state index in [1.807, 2.05) is 6.07 Å². The molecule has 21 heavy (non-hydrogen) atoms. The first-order valence-electron chi connectivity index (χ1n) is 7.58. The molecule has 2 saturated heterocycles. The van der Waals surface area contributed by atoms with Crippen molar-refractivity contribution >= 4 is 5.97 Å². The van der Waals surface area contributed by atoms with E-state index < -0.39 is 0 Å². The summed E-state index contributed by atoms with van der Waals surface area (Å²) in [5.74, 6) is -0.498. The Morgan fingerprint density at radius 1 is 1.38 bits per heavy atom. The molecule has 2 fully saturated rings. The van der Waals surface area contributed by atoms with Gasteiger partial charge in [0.15, 0.2) is 0 Å². The normalized spacial score (nSPS) is 32.2. The number of carbonyl (C=O) groups excluding carboxylic acids is 1. The van der Waals surface area contributed by atoms with Crippen LogP contribution < -0.4 is 0 Å². The second kappa shape index (κ2) is 5.41. The lowest BCUT2D eigenvalue weighted by atomic mass is 9.76. The predicted octanol–water partition coefficient (Wildman–Crippen LogP) is 2.87. The maximum Gasteiger partial charge on any atom is 0.310 e. The molecule has 0 unspecified atom stereocenters. The lowest BCUT2D eigenvalue weighted by molar-refractivity contribution is -0.150. The number of fused-ring (bicyclic) bond motifs is 2. The molecule has 0 N–H and O–H groups in total. The first-order valence-corrected chi connectivity index (χ1v) is 7.58. The third-order valence-corrected chi connectivity index (χ3v) is 5.37.